The highest BCUT2D eigenvalue weighted by Crippen LogP contribution is 2.32. The number of nitrogens with two attached hydrogens (primary N) is 1. The van der Waals surface area contributed by atoms with Crippen LogP contribution in [-0.4, -0.2) is 47.1 Å². The van der Waals surface area contributed by atoms with Crippen molar-refractivity contribution in [2.75, 3.05) is 6.54 Å². The van der Waals surface area contributed by atoms with Gasteiger partial charge >= 0.3 is 0 Å². The Balaban J connectivity index is 1.61. The zero-order valence-electron chi connectivity index (χ0n) is 23.9. The number of benzene rings is 3. The number of carbonyl (C=O) groups is 3. The van der Waals surface area contributed by atoms with Crippen LogP contribution in [0.1, 0.15) is 61.8 Å². The van der Waals surface area contributed by atoms with E-state index < -0.39 is 23.4 Å². The molecule has 0 aromatic heterocycles. The first-order chi connectivity index (χ1) is 19.6. The molecule has 1 aliphatic heterocycles. The molecule has 4 rings (SSSR count). The SMILES string of the molecule is CC(C)(C)C(=O)N[C@@H](C(=O)N1CCC[C@H]1C(=O)NCc1ccc(C(=N)N)cc1)C(c1ccccc1)c1ccccc1. The number of nitrogen functional groups attached to an aromatic ring is 1. The lowest BCUT2D eigenvalue weighted by atomic mass is 9.83. The minimum Gasteiger partial charge on any atom is -0.384 e. The molecule has 0 bridgehead atoms. The maximum absolute atomic E-state index is 14.4. The number of nitrogens with one attached hydrogen (secondary N) is 3. The molecule has 3 aromatic carbocycles. The van der Waals surface area contributed by atoms with Crippen LogP contribution in [0.4, 0.5) is 0 Å². The van der Waals surface area contributed by atoms with Crippen LogP contribution in [0.15, 0.2) is 84.9 Å². The van der Waals surface area contributed by atoms with Gasteiger partial charge in [0.25, 0.3) is 0 Å². The van der Waals surface area contributed by atoms with E-state index in [9.17, 15) is 14.4 Å². The Labute approximate surface area is 241 Å². The molecule has 8 heteroatoms. The molecule has 1 aliphatic rings. The monoisotopic (exact) mass is 553 g/mol. The predicted molar refractivity (Wildman–Crippen MR) is 160 cm³/mol. The van der Waals surface area contributed by atoms with Gasteiger partial charge in [0, 0.05) is 30.0 Å². The van der Waals surface area contributed by atoms with Crippen molar-refractivity contribution in [1.29, 1.82) is 5.41 Å². The van der Waals surface area contributed by atoms with Crippen molar-refractivity contribution in [3.8, 4) is 0 Å². The zero-order valence-corrected chi connectivity index (χ0v) is 23.9. The van der Waals surface area contributed by atoms with Gasteiger partial charge in [-0.2, -0.15) is 0 Å². The molecule has 214 valence electrons. The highest BCUT2D eigenvalue weighted by atomic mass is 16.2. The largest absolute Gasteiger partial charge is 0.384 e. The van der Waals surface area contributed by atoms with Crippen LogP contribution in [0.3, 0.4) is 0 Å². The second kappa shape index (κ2) is 12.8. The van der Waals surface area contributed by atoms with Crippen LogP contribution in [0.5, 0.6) is 0 Å². The van der Waals surface area contributed by atoms with Crippen LogP contribution in [0, 0.1) is 10.8 Å². The first-order valence-electron chi connectivity index (χ1n) is 14.0. The summed E-state index contributed by atoms with van der Waals surface area (Å²) in [5, 5.41) is 13.6. The zero-order chi connectivity index (χ0) is 29.6. The quantitative estimate of drug-likeness (QED) is 0.236. The fourth-order valence-electron chi connectivity index (χ4n) is 5.13. The van der Waals surface area contributed by atoms with Gasteiger partial charge in [0.15, 0.2) is 0 Å². The third kappa shape index (κ3) is 7.20. The summed E-state index contributed by atoms with van der Waals surface area (Å²) < 4.78 is 0. The smallest absolute Gasteiger partial charge is 0.246 e. The summed E-state index contributed by atoms with van der Waals surface area (Å²) >= 11 is 0. The molecule has 2 atom stereocenters. The maximum Gasteiger partial charge on any atom is 0.246 e. The number of hydrogen-bond acceptors (Lipinski definition) is 4. The molecular formula is C33H39N5O3. The Bertz CT molecular complexity index is 1330. The van der Waals surface area contributed by atoms with Crippen molar-refractivity contribution in [1.82, 2.24) is 15.5 Å². The molecule has 0 radical (unpaired) electrons. The number of rotatable bonds is 9. The van der Waals surface area contributed by atoms with Crippen molar-refractivity contribution >= 4 is 23.6 Å². The number of hydrogen-bond donors (Lipinski definition) is 4. The average Bonchev–Trinajstić information content (AvgIpc) is 3.46. The molecule has 0 unspecified atom stereocenters. The van der Waals surface area contributed by atoms with Crippen molar-refractivity contribution < 1.29 is 14.4 Å². The number of amidine groups is 1. The summed E-state index contributed by atoms with van der Waals surface area (Å²) in [6.07, 6.45) is 1.24. The van der Waals surface area contributed by atoms with Gasteiger partial charge in [-0.1, -0.05) is 106 Å². The summed E-state index contributed by atoms with van der Waals surface area (Å²) in [5.41, 5.74) is 8.11. The van der Waals surface area contributed by atoms with E-state index in [4.69, 9.17) is 11.1 Å². The van der Waals surface area contributed by atoms with Crippen LogP contribution in [0.2, 0.25) is 0 Å². The number of likely N-dealkylation sites (tertiary alicyclic amines) is 1. The fourth-order valence-corrected chi connectivity index (χ4v) is 5.13. The molecule has 41 heavy (non-hydrogen) atoms. The molecule has 3 amide bonds. The van der Waals surface area contributed by atoms with Crippen LogP contribution in [0.25, 0.3) is 0 Å². The van der Waals surface area contributed by atoms with Crippen molar-refractivity contribution in [3.63, 3.8) is 0 Å². The lowest BCUT2D eigenvalue weighted by Crippen LogP contribution is -2.56. The Morgan fingerprint density at radius 3 is 2.00 bits per heavy atom. The average molecular weight is 554 g/mol. The van der Waals surface area contributed by atoms with Gasteiger partial charge in [-0.15, -0.1) is 0 Å². The lowest BCUT2D eigenvalue weighted by molar-refractivity contribution is -0.142. The van der Waals surface area contributed by atoms with E-state index in [0.717, 1.165) is 16.7 Å². The van der Waals surface area contributed by atoms with E-state index in [1.54, 1.807) is 17.0 Å². The summed E-state index contributed by atoms with van der Waals surface area (Å²) in [6.45, 7) is 6.18. The van der Waals surface area contributed by atoms with Gasteiger partial charge in [0.05, 0.1) is 0 Å². The Morgan fingerprint density at radius 2 is 1.49 bits per heavy atom. The molecule has 8 nitrogen and oxygen atoms in total. The summed E-state index contributed by atoms with van der Waals surface area (Å²) in [7, 11) is 0. The molecular weight excluding hydrogens is 514 g/mol. The van der Waals surface area contributed by atoms with Gasteiger partial charge in [-0.05, 0) is 29.5 Å². The molecule has 1 saturated heterocycles. The lowest BCUT2D eigenvalue weighted by Gasteiger charge is -2.35. The minimum atomic E-state index is -0.904. The third-order valence-electron chi connectivity index (χ3n) is 7.45. The number of amides is 3. The Hall–Kier alpha value is -4.46. The topological polar surface area (TPSA) is 128 Å². The Morgan fingerprint density at radius 1 is 0.927 bits per heavy atom. The van der Waals surface area contributed by atoms with Crippen LogP contribution in [-0.2, 0) is 20.9 Å². The summed E-state index contributed by atoms with van der Waals surface area (Å²) in [5.74, 6) is -1.20. The molecule has 0 aliphatic carbocycles. The first-order valence-corrected chi connectivity index (χ1v) is 14.0. The fraction of sp³-hybridized carbons (Fsp3) is 0.333. The molecule has 1 fully saturated rings. The van der Waals surface area contributed by atoms with E-state index in [1.807, 2.05) is 93.6 Å². The van der Waals surface area contributed by atoms with Gasteiger partial charge in [0.2, 0.25) is 17.7 Å². The standard InChI is InChI=1S/C33H39N5O3/c1-33(2,3)32(41)37-28(27(23-11-6-4-7-12-23)24-13-8-5-9-14-24)31(40)38-20-10-15-26(38)30(39)36-21-22-16-18-25(19-17-22)29(34)35/h4-9,11-14,16-19,26-28H,10,15,20-21H2,1-3H3,(H3,34,35)(H,36,39)(H,37,41)/t26-,28+/m0/s1. The van der Waals surface area contributed by atoms with E-state index >= 15 is 0 Å². The van der Waals surface area contributed by atoms with Gasteiger partial charge in [-0.3, -0.25) is 19.8 Å². The van der Waals surface area contributed by atoms with Crippen molar-refractivity contribution in [3.05, 3.63) is 107 Å². The maximum atomic E-state index is 14.4. The Kier molecular flexibility index (Phi) is 9.22. The molecule has 1 heterocycles. The second-order valence-corrected chi connectivity index (χ2v) is 11.5. The second-order valence-electron chi connectivity index (χ2n) is 11.5. The van der Waals surface area contributed by atoms with E-state index in [1.165, 1.54) is 0 Å². The molecule has 0 saturated carbocycles. The van der Waals surface area contributed by atoms with Crippen LogP contribution >= 0.6 is 0 Å². The van der Waals surface area contributed by atoms with Gasteiger partial charge < -0.3 is 21.3 Å². The minimum absolute atomic E-state index is 0.0156. The van der Waals surface area contributed by atoms with Gasteiger partial charge in [0.1, 0.15) is 17.9 Å². The summed E-state index contributed by atoms with van der Waals surface area (Å²) in [6, 6.07) is 25.0. The number of carbonyl (C=O) groups excluding carboxylic acids is 3. The molecule has 5 N–H and O–H groups in total. The third-order valence-corrected chi connectivity index (χ3v) is 7.45. The first kappa shape index (κ1) is 29.5. The normalized spacial score (nSPS) is 15.8. The van der Waals surface area contributed by atoms with Crippen LogP contribution < -0.4 is 16.4 Å². The predicted octanol–water partition coefficient (Wildman–Crippen LogP) is 3.94. The molecule has 0 spiro atoms. The van der Waals surface area contributed by atoms with Crippen molar-refractivity contribution in [2.45, 2.75) is 58.2 Å². The highest BCUT2D eigenvalue weighted by Gasteiger charge is 2.42. The van der Waals surface area contributed by atoms with E-state index in [-0.39, 0.29) is 30.1 Å². The van der Waals surface area contributed by atoms with Gasteiger partial charge in [-0.25, -0.2) is 0 Å². The van der Waals surface area contributed by atoms with Crippen molar-refractivity contribution in [2.24, 2.45) is 11.1 Å². The number of nitrogens with zero attached hydrogens (tertiary/aromatic N) is 1. The van der Waals surface area contributed by atoms with E-state index in [0.29, 0.717) is 24.9 Å². The highest BCUT2D eigenvalue weighted by molar-refractivity contribution is 5.95. The summed E-state index contributed by atoms with van der Waals surface area (Å²) in [4.78, 5) is 42.7. The van der Waals surface area contributed by atoms with E-state index in [2.05, 4.69) is 10.6 Å². The molecule has 3 aromatic rings.